The summed E-state index contributed by atoms with van der Waals surface area (Å²) in [5.74, 6) is 2.22. The molecule has 4 aliphatic carbocycles. The van der Waals surface area contributed by atoms with E-state index in [0.29, 0.717) is 74.4 Å². The maximum absolute atomic E-state index is 14.6. The Morgan fingerprint density at radius 1 is 0.842 bits per heavy atom. The van der Waals surface area contributed by atoms with Crippen LogP contribution in [0.3, 0.4) is 0 Å². The van der Waals surface area contributed by atoms with Crippen molar-refractivity contribution in [2.45, 2.75) is 175 Å². The molecule has 0 aromatic heterocycles. The third kappa shape index (κ3) is 11.0. The Morgan fingerprint density at radius 3 is 2.30 bits per heavy atom. The topological polar surface area (TPSA) is 94.6 Å². The van der Waals surface area contributed by atoms with Crippen molar-refractivity contribution in [2.75, 3.05) is 0 Å². The smallest absolute Gasteiger partial charge is 0.140 e. The van der Waals surface area contributed by atoms with Crippen molar-refractivity contribution >= 4 is 39.7 Å². The molecule has 0 amide bonds. The molecule has 0 spiro atoms. The summed E-state index contributed by atoms with van der Waals surface area (Å²) in [4.78, 5) is 65.4. The van der Waals surface area contributed by atoms with Gasteiger partial charge in [-0.1, -0.05) is 95.2 Å². The van der Waals surface area contributed by atoms with Crippen LogP contribution in [0, 0.1) is 47.8 Å². The van der Waals surface area contributed by atoms with Crippen LogP contribution in [0.1, 0.15) is 173 Å². The second kappa shape index (κ2) is 19.6. The fourth-order valence-electron chi connectivity index (χ4n) is 10.8. The van der Waals surface area contributed by atoms with E-state index in [4.69, 9.17) is 4.74 Å². The van der Waals surface area contributed by atoms with Gasteiger partial charge in [-0.2, -0.15) is 0 Å². The molecule has 6 heteroatoms. The Morgan fingerprint density at radius 2 is 1.58 bits per heavy atom. The van der Waals surface area contributed by atoms with E-state index in [9.17, 15) is 24.0 Å². The lowest BCUT2D eigenvalue weighted by atomic mass is 9.79. The molecule has 0 N–H and O–H groups in total. The van der Waals surface area contributed by atoms with Gasteiger partial charge in [0.05, 0.1) is 0 Å². The lowest BCUT2D eigenvalue weighted by Crippen LogP contribution is -2.31. The molecule has 57 heavy (non-hydrogen) atoms. The number of hydrogen-bond acceptors (Lipinski definition) is 6. The average Bonchev–Trinajstić information content (AvgIpc) is 3.65. The lowest BCUT2D eigenvalue weighted by Gasteiger charge is -2.23. The van der Waals surface area contributed by atoms with E-state index in [1.54, 1.807) is 13.8 Å². The fraction of sp³-hybridized carbons (Fsp3) is 0.667. The third-order valence-electron chi connectivity index (χ3n) is 14.8. The molecule has 0 radical (unpaired) electrons. The number of fused-ring (bicyclic) bond motifs is 1. The van der Waals surface area contributed by atoms with Gasteiger partial charge in [-0.15, -0.1) is 0 Å². The van der Waals surface area contributed by atoms with Gasteiger partial charge >= 0.3 is 0 Å². The Bertz CT molecular complexity index is 1800. The highest BCUT2D eigenvalue weighted by molar-refractivity contribution is 5.94. The van der Waals surface area contributed by atoms with Crippen LogP contribution in [-0.2, 0) is 24.0 Å². The van der Waals surface area contributed by atoms with Crippen LogP contribution < -0.4 is 4.74 Å². The summed E-state index contributed by atoms with van der Waals surface area (Å²) in [5.41, 5.74) is 2.28. The highest BCUT2D eigenvalue weighted by Gasteiger charge is 2.52. The second-order valence-corrected chi connectivity index (χ2v) is 19.1. The number of allylic oxidation sites excluding steroid dienone is 2. The predicted molar refractivity (Wildman–Crippen MR) is 228 cm³/mol. The third-order valence-corrected chi connectivity index (χ3v) is 14.8. The highest BCUT2D eigenvalue weighted by Crippen LogP contribution is 2.53. The minimum absolute atomic E-state index is 0.0337. The van der Waals surface area contributed by atoms with Gasteiger partial charge in [0.15, 0.2) is 0 Å². The zero-order valence-corrected chi connectivity index (χ0v) is 35.8. The van der Waals surface area contributed by atoms with Crippen LogP contribution in [0.25, 0.3) is 10.8 Å². The van der Waals surface area contributed by atoms with Crippen molar-refractivity contribution in [3.05, 3.63) is 53.6 Å². The van der Waals surface area contributed by atoms with Gasteiger partial charge in [0.25, 0.3) is 0 Å². The number of aryl methyl sites for hydroxylation is 1. The highest BCUT2D eigenvalue weighted by atomic mass is 16.5. The van der Waals surface area contributed by atoms with E-state index >= 15 is 0 Å². The van der Waals surface area contributed by atoms with E-state index in [1.165, 1.54) is 29.4 Å². The van der Waals surface area contributed by atoms with E-state index in [-0.39, 0.29) is 40.6 Å². The van der Waals surface area contributed by atoms with Gasteiger partial charge in [0.2, 0.25) is 0 Å². The van der Waals surface area contributed by atoms with Crippen LogP contribution in [0.15, 0.2) is 42.5 Å². The van der Waals surface area contributed by atoms with Gasteiger partial charge in [-0.05, 0) is 125 Å². The lowest BCUT2D eigenvalue weighted by molar-refractivity contribution is -0.135. The molecule has 4 aliphatic rings. The summed E-state index contributed by atoms with van der Waals surface area (Å²) in [6.07, 6.45) is 21.7. The molecular weight excluding hydrogens is 709 g/mol. The molecule has 2 aromatic rings. The van der Waals surface area contributed by atoms with Gasteiger partial charge < -0.3 is 4.74 Å². The van der Waals surface area contributed by atoms with E-state index in [1.807, 2.05) is 6.92 Å². The van der Waals surface area contributed by atoms with Crippen molar-refractivity contribution in [3.8, 4) is 5.75 Å². The first-order chi connectivity index (χ1) is 27.4. The normalized spacial score (nSPS) is 27.9. The van der Waals surface area contributed by atoms with Crippen molar-refractivity contribution in [3.63, 3.8) is 0 Å². The molecule has 8 atom stereocenters. The molecule has 2 aromatic carbocycles. The van der Waals surface area contributed by atoms with Crippen LogP contribution in [-0.4, -0.2) is 35.0 Å². The molecule has 0 bridgehead atoms. The van der Waals surface area contributed by atoms with E-state index in [2.05, 4.69) is 56.3 Å². The number of ketones is 5. The van der Waals surface area contributed by atoms with Crippen molar-refractivity contribution < 1.29 is 28.7 Å². The van der Waals surface area contributed by atoms with Crippen LogP contribution >= 0.6 is 0 Å². The Hall–Kier alpha value is -3.41. The first kappa shape index (κ1) is 43.2. The Labute approximate surface area is 342 Å². The Balaban J connectivity index is 1.11. The number of benzene rings is 2. The first-order valence-corrected chi connectivity index (χ1v) is 22.8. The molecule has 0 aliphatic heterocycles. The van der Waals surface area contributed by atoms with E-state index < -0.39 is 11.8 Å². The maximum atomic E-state index is 14.6. The minimum Gasteiger partial charge on any atom is -0.490 e. The molecule has 310 valence electrons. The monoisotopic (exact) mass is 779 g/mol. The summed E-state index contributed by atoms with van der Waals surface area (Å²) >= 11 is 0. The summed E-state index contributed by atoms with van der Waals surface area (Å²) in [7, 11) is 0. The predicted octanol–water partition coefficient (Wildman–Crippen LogP) is 12.0. The zero-order valence-electron chi connectivity index (χ0n) is 35.8. The van der Waals surface area contributed by atoms with Crippen molar-refractivity contribution in [2.24, 2.45) is 40.9 Å². The number of Topliss-reactive ketones (excluding diaryl/α,β-unsaturated/α-hetero) is 5. The quantitative estimate of drug-likeness (QED) is 0.0872. The van der Waals surface area contributed by atoms with Crippen molar-refractivity contribution in [1.82, 2.24) is 0 Å². The molecule has 6 rings (SSSR count). The largest absolute Gasteiger partial charge is 0.490 e. The maximum Gasteiger partial charge on any atom is 0.140 e. The van der Waals surface area contributed by atoms with E-state index in [0.717, 1.165) is 81.8 Å². The minimum atomic E-state index is -0.437. The molecule has 4 saturated carbocycles. The average molecular weight is 779 g/mol. The number of ether oxygens (including phenoxy) is 1. The number of rotatable bonds is 22. The summed E-state index contributed by atoms with van der Waals surface area (Å²) in [6.45, 7) is 9.46. The zero-order chi connectivity index (χ0) is 40.7. The number of carbonyl (C=O) groups is 5. The molecule has 0 saturated heterocycles. The van der Waals surface area contributed by atoms with Crippen LogP contribution in [0.4, 0.5) is 0 Å². The van der Waals surface area contributed by atoms with Crippen LogP contribution in [0.5, 0.6) is 5.75 Å². The summed E-state index contributed by atoms with van der Waals surface area (Å²) < 4.78 is 6.90. The van der Waals surface area contributed by atoms with Gasteiger partial charge in [0.1, 0.15) is 40.8 Å². The number of unbranched alkanes of at least 4 members (excludes halogenated alkanes) is 4. The number of hydrogen-bond donors (Lipinski definition) is 0. The molecule has 0 heterocycles. The first-order valence-electron chi connectivity index (χ1n) is 22.8. The summed E-state index contributed by atoms with van der Waals surface area (Å²) in [6, 6.07) is 10.8. The molecule has 8 unspecified atom stereocenters. The van der Waals surface area contributed by atoms with Crippen LogP contribution in [0.2, 0.25) is 0 Å². The number of carbonyl (C=O) groups excluding carboxylic acids is 5. The Kier molecular flexibility index (Phi) is 14.8. The second-order valence-electron chi connectivity index (χ2n) is 19.1. The van der Waals surface area contributed by atoms with Gasteiger partial charge in [0, 0.05) is 54.2 Å². The molecule has 6 nitrogen and oxygen atoms in total. The van der Waals surface area contributed by atoms with Gasteiger partial charge in [-0.3, -0.25) is 24.0 Å². The SMILES string of the molecule is CCC(=O)CC1CCC(c2cc(OC3CC(C(C)=O)C(C(=O)C(CCCCCC/C=C\C4CC4(C)C(C)=O)CC(=O)CC4CCCC4)C3)c3cccc(C)c3c2)C1. The summed E-state index contributed by atoms with van der Waals surface area (Å²) in [5, 5.41) is 2.22. The molecule has 4 fully saturated rings. The standard InChI is InChI=1S/C51H70O6/c1-6-42(54)26-37-22-23-38(24-37)40-28-46-33(2)16-15-21-45(46)49(29-40)57-44-30-47(34(3)52)48(31-44)50(56)39(27-43(55)25-36-17-13-14-18-36)19-11-9-7-8-10-12-20-41-32-51(41,5)35(4)53/h12,15-16,20-21,28-29,36-39,41,44,47-48H,6-11,13-14,17-19,22-27,30-32H2,1-5H3/b20-12-. The fourth-order valence-corrected chi connectivity index (χ4v) is 10.8. The van der Waals surface area contributed by atoms with Crippen molar-refractivity contribution in [1.29, 1.82) is 0 Å². The van der Waals surface area contributed by atoms with Gasteiger partial charge in [-0.25, -0.2) is 0 Å². The molecular formula is C51H70O6.